The largest absolute Gasteiger partial charge is 0.472 e. The molecule has 0 bridgehead atoms. The van der Waals surface area contributed by atoms with Gasteiger partial charge in [-0.15, -0.1) is 0 Å². The summed E-state index contributed by atoms with van der Waals surface area (Å²) in [6.07, 6.45) is 36.5. The molecule has 0 aliphatic carbocycles. The van der Waals surface area contributed by atoms with Crippen LogP contribution >= 0.6 is 7.82 Å². The van der Waals surface area contributed by atoms with Gasteiger partial charge in [0.05, 0.1) is 13.2 Å². The Balaban J connectivity index is 3.65. The Morgan fingerprint density at radius 1 is 0.667 bits per heavy atom. The van der Waals surface area contributed by atoms with Crippen molar-refractivity contribution in [2.24, 2.45) is 0 Å². The van der Waals surface area contributed by atoms with Crippen LogP contribution < -0.4 is 5.32 Å². The molecule has 9 nitrogen and oxygen atoms in total. The number of ether oxygens (including phenoxy) is 1. The van der Waals surface area contributed by atoms with E-state index in [1.54, 1.807) is 0 Å². The first-order chi connectivity index (χ1) is 23.3. The summed E-state index contributed by atoms with van der Waals surface area (Å²) in [5.41, 5.74) is 0. The summed E-state index contributed by atoms with van der Waals surface area (Å²) >= 11 is 0. The molecule has 2 atom stereocenters. The van der Waals surface area contributed by atoms with Crippen LogP contribution in [-0.4, -0.2) is 54.3 Å². The van der Waals surface area contributed by atoms with Crippen molar-refractivity contribution in [3.05, 3.63) is 36.5 Å². The molecule has 0 heterocycles. The molecule has 0 aromatic heterocycles. The Hall–Kier alpha value is -1.77. The third-order valence-electron chi connectivity index (χ3n) is 7.83. The summed E-state index contributed by atoms with van der Waals surface area (Å²) in [4.78, 5) is 33.7. The first-order valence-electron chi connectivity index (χ1n) is 19.0. The van der Waals surface area contributed by atoms with Crippen LogP contribution in [0.2, 0.25) is 0 Å². The van der Waals surface area contributed by atoms with Gasteiger partial charge in [-0.2, -0.15) is 0 Å². The van der Waals surface area contributed by atoms with E-state index < -0.39 is 26.5 Å². The van der Waals surface area contributed by atoms with Gasteiger partial charge in [-0.1, -0.05) is 140 Å². The maximum Gasteiger partial charge on any atom is 0.472 e. The van der Waals surface area contributed by atoms with Gasteiger partial charge in [0, 0.05) is 19.4 Å². The molecule has 0 saturated heterocycles. The summed E-state index contributed by atoms with van der Waals surface area (Å²) in [5, 5.41) is 12.6. The van der Waals surface area contributed by atoms with Crippen LogP contribution in [0.15, 0.2) is 36.5 Å². The van der Waals surface area contributed by atoms with Crippen molar-refractivity contribution in [2.45, 2.75) is 168 Å². The quantitative estimate of drug-likeness (QED) is 0.0258. The van der Waals surface area contributed by atoms with Crippen molar-refractivity contribution in [1.29, 1.82) is 0 Å². The zero-order valence-corrected chi connectivity index (χ0v) is 31.3. The monoisotopic (exact) mass is 699 g/mol. The maximum atomic E-state index is 12.0. The summed E-state index contributed by atoms with van der Waals surface area (Å²) in [5.74, 6) is -0.546. The molecule has 2 unspecified atom stereocenters. The van der Waals surface area contributed by atoms with Gasteiger partial charge in [-0.25, -0.2) is 4.57 Å². The van der Waals surface area contributed by atoms with Gasteiger partial charge in [0.15, 0.2) is 0 Å². The van der Waals surface area contributed by atoms with Crippen molar-refractivity contribution in [1.82, 2.24) is 5.32 Å². The van der Waals surface area contributed by atoms with Gasteiger partial charge in [0.1, 0.15) is 12.7 Å². The van der Waals surface area contributed by atoms with E-state index in [0.717, 1.165) is 57.8 Å². The minimum absolute atomic E-state index is 0.0797. The highest BCUT2D eigenvalue weighted by molar-refractivity contribution is 7.47. The van der Waals surface area contributed by atoms with Crippen LogP contribution in [0.1, 0.15) is 162 Å². The standard InChI is InChI=1S/C38H70NO8P/c1-3-5-7-9-11-13-15-17-19-20-22-24-26-28-30-37(41)39-32-33-46-48(43,44)47-35-36(40)34-45-38(42)31-29-27-25-23-21-18-16-14-12-10-8-6-4-2/h6,8,12,14,18,21,36,40H,3-5,7,9-11,13,15-17,19-20,22-35H2,1-2H3,(H,39,41)(H,43,44)/b8-6-,14-12-,21-18-. The number of carbonyl (C=O) groups is 2. The second-order valence-electron chi connectivity index (χ2n) is 12.5. The number of carbonyl (C=O) groups excluding carboxylic acids is 2. The first kappa shape index (κ1) is 46.2. The number of hydrogen-bond donors (Lipinski definition) is 3. The number of allylic oxidation sites excluding steroid dienone is 6. The van der Waals surface area contributed by atoms with Crippen molar-refractivity contribution >= 4 is 19.7 Å². The van der Waals surface area contributed by atoms with Crippen LogP contribution in [-0.2, 0) is 27.9 Å². The van der Waals surface area contributed by atoms with Crippen molar-refractivity contribution < 1.29 is 37.9 Å². The average molecular weight is 700 g/mol. The number of rotatable bonds is 35. The van der Waals surface area contributed by atoms with E-state index in [9.17, 15) is 24.2 Å². The molecule has 0 spiro atoms. The number of esters is 1. The fourth-order valence-corrected chi connectivity index (χ4v) is 5.74. The second kappa shape index (κ2) is 35.1. The normalized spacial score (nSPS) is 13.8. The smallest absolute Gasteiger partial charge is 0.463 e. The zero-order valence-electron chi connectivity index (χ0n) is 30.4. The highest BCUT2D eigenvalue weighted by Crippen LogP contribution is 2.42. The predicted octanol–water partition coefficient (Wildman–Crippen LogP) is 9.82. The lowest BCUT2D eigenvalue weighted by atomic mass is 10.0. The zero-order chi connectivity index (χ0) is 35.4. The van der Waals surface area contributed by atoms with E-state index in [0.29, 0.717) is 12.8 Å². The minimum Gasteiger partial charge on any atom is -0.463 e. The highest BCUT2D eigenvalue weighted by atomic mass is 31.2. The number of unbranched alkanes of at least 4 members (excludes halogenated alkanes) is 16. The SMILES string of the molecule is CC/C=C\C/C=C\C/C=C\CCCCCC(=O)OCC(O)COP(=O)(O)OCCNC(=O)CCCCCCCCCCCCCCCC. The molecule has 10 heteroatoms. The van der Waals surface area contributed by atoms with E-state index in [1.807, 2.05) is 0 Å². The molecule has 1 amide bonds. The van der Waals surface area contributed by atoms with Crippen molar-refractivity contribution in [3.8, 4) is 0 Å². The lowest BCUT2D eigenvalue weighted by Crippen LogP contribution is -2.27. The molecule has 0 radical (unpaired) electrons. The third kappa shape index (κ3) is 35.5. The molecule has 280 valence electrons. The molecule has 0 aromatic carbocycles. The predicted molar refractivity (Wildman–Crippen MR) is 197 cm³/mol. The number of phosphoric acid groups is 1. The molecule has 0 fully saturated rings. The lowest BCUT2D eigenvalue weighted by Gasteiger charge is -2.15. The molecular weight excluding hydrogens is 629 g/mol. The summed E-state index contributed by atoms with van der Waals surface area (Å²) in [6, 6.07) is 0. The van der Waals surface area contributed by atoms with Gasteiger partial charge in [-0.05, 0) is 44.9 Å². The fraction of sp³-hybridized carbons (Fsp3) is 0.789. The van der Waals surface area contributed by atoms with Crippen LogP contribution in [0.4, 0.5) is 0 Å². The molecule has 0 aromatic rings. The van der Waals surface area contributed by atoms with E-state index in [2.05, 4.69) is 55.6 Å². The van der Waals surface area contributed by atoms with Crippen LogP contribution in [0.3, 0.4) is 0 Å². The second-order valence-corrected chi connectivity index (χ2v) is 14.0. The number of nitrogens with one attached hydrogen (secondary N) is 1. The molecule has 0 aliphatic heterocycles. The van der Waals surface area contributed by atoms with Gasteiger partial charge in [-0.3, -0.25) is 18.6 Å². The third-order valence-corrected chi connectivity index (χ3v) is 8.82. The lowest BCUT2D eigenvalue weighted by molar-refractivity contribution is -0.147. The molecule has 0 saturated carbocycles. The highest BCUT2D eigenvalue weighted by Gasteiger charge is 2.23. The molecule has 0 rings (SSSR count). The number of aliphatic hydroxyl groups is 1. The van der Waals surface area contributed by atoms with Crippen LogP contribution in [0.25, 0.3) is 0 Å². The topological polar surface area (TPSA) is 131 Å². The van der Waals surface area contributed by atoms with E-state index in [-0.39, 0.29) is 32.1 Å². The Bertz CT molecular complexity index is 892. The molecule has 48 heavy (non-hydrogen) atoms. The molecule has 0 aliphatic rings. The van der Waals surface area contributed by atoms with E-state index in [1.165, 1.54) is 70.6 Å². The number of aliphatic hydroxyl groups excluding tert-OH is 1. The van der Waals surface area contributed by atoms with Gasteiger partial charge >= 0.3 is 13.8 Å². The number of phosphoric ester groups is 1. The Labute approximate surface area is 293 Å². The van der Waals surface area contributed by atoms with Gasteiger partial charge < -0.3 is 20.1 Å². The van der Waals surface area contributed by atoms with Gasteiger partial charge in [0.25, 0.3) is 0 Å². The summed E-state index contributed by atoms with van der Waals surface area (Å²) < 4.78 is 26.7. The first-order valence-corrected chi connectivity index (χ1v) is 20.5. The molecular formula is C38H70NO8P. The summed E-state index contributed by atoms with van der Waals surface area (Å²) in [7, 11) is -4.41. The maximum absolute atomic E-state index is 12.0. The van der Waals surface area contributed by atoms with E-state index in [4.69, 9.17) is 13.8 Å². The average Bonchev–Trinajstić information content (AvgIpc) is 3.07. The number of amides is 1. The van der Waals surface area contributed by atoms with E-state index >= 15 is 0 Å². The Kier molecular flexibility index (Phi) is 33.8. The number of hydrogen-bond acceptors (Lipinski definition) is 7. The van der Waals surface area contributed by atoms with Gasteiger partial charge in [0.2, 0.25) is 5.91 Å². The van der Waals surface area contributed by atoms with Crippen molar-refractivity contribution in [2.75, 3.05) is 26.4 Å². The molecule has 3 N–H and O–H groups in total. The fourth-order valence-electron chi connectivity index (χ4n) is 4.98. The Morgan fingerprint density at radius 3 is 1.79 bits per heavy atom. The van der Waals surface area contributed by atoms with Crippen molar-refractivity contribution in [3.63, 3.8) is 0 Å². The Morgan fingerprint density at radius 2 is 1.19 bits per heavy atom. The van der Waals surface area contributed by atoms with Crippen LogP contribution in [0.5, 0.6) is 0 Å². The summed E-state index contributed by atoms with van der Waals surface area (Å²) in [6.45, 7) is 3.39. The van der Waals surface area contributed by atoms with Crippen LogP contribution in [0, 0.1) is 0 Å². The minimum atomic E-state index is -4.41.